The second-order valence-corrected chi connectivity index (χ2v) is 10.1. The first-order valence-corrected chi connectivity index (χ1v) is 12.2. The van der Waals surface area contributed by atoms with Crippen molar-refractivity contribution in [2.24, 2.45) is 5.92 Å². The maximum absolute atomic E-state index is 13.2. The molecule has 0 saturated carbocycles. The molecule has 7 nitrogen and oxygen atoms in total. The monoisotopic (exact) mass is 463 g/mol. The van der Waals surface area contributed by atoms with Gasteiger partial charge in [0.25, 0.3) is 0 Å². The predicted octanol–water partition coefficient (Wildman–Crippen LogP) is 3.34. The van der Waals surface area contributed by atoms with Crippen LogP contribution in [0.3, 0.4) is 0 Å². The van der Waals surface area contributed by atoms with E-state index < -0.39 is 21.7 Å². The maximum Gasteiger partial charge on any atom is 0.243 e. The number of amides is 1. The molecule has 1 aliphatic rings. The Hall–Kier alpha value is -2.49. The molecule has 3 rings (SSSR count). The number of morpholine rings is 1. The van der Waals surface area contributed by atoms with Gasteiger partial charge >= 0.3 is 0 Å². The second kappa shape index (κ2) is 10.9. The third kappa shape index (κ3) is 6.51. The summed E-state index contributed by atoms with van der Waals surface area (Å²) in [6, 6.07) is 12.1. The van der Waals surface area contributed by atoms with Crippen LogP contribution in [0.25, 0.3) is 0 Å². The van der Waals surface area contributed by atoms with Crippen molar-refractivity contribution in [3.05, 3.63) is 54.3 Å². The topological polar surface area (TPSA) is 79.0 Å². The van der Waals surface area contributed by atoms with Crippen molar-refractivity contribution in [3.8, 4) is 0 Å². The summed E-state index contributed by atoms with van der Waals surface area (Å²) in [6.45, 7) is 6.85. The van der Waals surface area contributed by atoms with Crippen LogP contribution in [0.2, 0.25) is 0 Å². The first kappa shape index (κ1) is 24.2. The Bertz CT molecular complexity index is 989. The summed E-state index contributed by atoms with van der Waals surface area (Å²) in [5.74, 6) is -0.689. The van der Waals surface area contributed by atoms with Crippen molar-refractivity contribution >= 4 is 27.3 Å². The Morgan fingerprint density at radius 3 is 2.31 bits per heavy atom. The van der Waals surface area contributed by atoms with Crippen LogP contribution in [0.15, 0.2) is 53.4 Å². The zero-order chi connectivity index (χ0) is 23.1. The summed E-state index contributed by atoms with van der Waals surface area (Å²) in [4.78, 5) is 14.9. The normalized spacial score (nSPS) is 14.7. The zero-order valence-corrected chi connectivity index (χ0v) is 19.3. The van der Waals surface area contributed by atoms with Crippen LogP contribution < -0.4 is 10.2 Å². The number of benzene rings is 2. The Balaban J connectivity index is 1.68. The molecule has 9 heteroatoms. The molecular formula is C23H30FN3O4S. The summed E-state index contributed by atoms with van der Waals surface area (Å²) >= 11 is 0. The summed E-state index contributed by atoms with van der Waals surface area (Å²) < 4.78 is 45.9. The van der Waals surface area contributed by atoms with E-state index >= 15 is 0 Å². The van der Waals surface area contributed by atoms with Gasteiger partial charge in [-0.15, -0.1) is 0 Å². The number of hydrogen-bond donors (Lipinski definition) is 1. The van der Waals surface area contributed by atoms with Crippen LogP contribution in [-0.4, -0.2) is 58.0 Å². The smallest absolute Gasteiger partial charge is 0.243 e. The van der Waals surface area contributed by atoms with Crippen LogP contribution >= 0.6 is 0 Å². The van der Waals surface area contributed by atoms with Crippen molar-refractivity contribution in [3.63, 3.8) is 0 Å². The lowest BCUT2D eigenvalue weighted by Crippen LogP contribution is -2.39. The molecule has 1 aliphatic heterocycles. The Morgan fingerprint density at radius 1 is 1.09 bits per heavy atom. The van der Waals surface area contributed by atoms with Crippen molar-refractivity contribution in [1.29, 1.82) is 0 Å². The molecule has 1 amide bonds. The van der Waals surface area contributed by atoms with E-state index in [0.717, 1.165) is 35.2 Å². The minimum absolute atomic E-state index is 0.0367. The minimum atomic E-state index is -3.93. The minimum Gasteiger partial charge on any atom is -0.378 e. The highest BCUT2D eigenvalue weighted by Crippen LogP contribution is 2.20. The number of carbonyl (C=O) groups is 1. The van der Waals surface area contributed by atoms with Gasteiger partial charge in [-0.1, -0.05) is 13.8 Å². The van der Waals surface area contributed by atoms with Gasteiger partial charge < -0.3 is 15.0 Å². The van der Waals surface area contributed by atoms with Crippen LogP contribution in [0.1, 0.15) is 20.3 Å². The van der Waals surface area contributed by atoms with Gasteiger partial charge in [0.05, 0.1) is 24.7 Å². The van der Waals surface area contributed by atoms with Gasteiger partial charge in [0, 0.05) is 31.0 Å². The molecule has 0 radical (unpaired) electrons. The van der Waals surface area contributed by atoms with E-state index in [-0.39, 0.29) is 23.9 Å². The lowest BCUT2D eigenvalue weighted by Gasteiger charge is -2.29. The van der Waals surface area contributed by atoms with Crippen molar-refractivity contribution < 1.29 is 22.3 Å². The third-order valence-corrected chi connectivity index (χ3v) is 7.11. The zero-order valence-electron chi connectivity index (χ0n) is 18.5. The number of halogens is 1. The molecule has 32 heavy (non-hydrogen) atoms. The molecule has 0 aliphatic carbocycles. The molecule has 1 saturated heterocycles. The number of sulfonamides is 1. The molecule has 1 N–H and O–H groups in total. The molecule has 0 bridgehead atoms. The molecule has 0 unspecified atom stereocenters. The Labute approximate surface area is 189 Å². The number of rotatable bonds is 9. The average Bonchev–Trinajstić information content (AvgIpc) is 2.78. The van der Waals surface area contributed by atoms with Crippen molar-refractivity contribution in [2.45, 2.75) is 25.2 Å². The first-order valence-electron chi connectivity index (χ1n) is 10.7. The molecular weight excluding hydrogens is 433 g/mol. The number of ether oxygens (including phenoxy) is 1. The van der Waals surface area contributed by atoms with Crippen molar-refractivity contribution in [1.82, 2.24) is 4.31 Å². The largest absolute Gasteiger partial charge is 0.378 e. The average molecular weight is 464 g/mol. The summed E-state index contributed by atoms with van der Waals surface area (Å²) in [7, 11) is -3.93. The Morgan fingerprint density at radius 2 is 1.72 bits per heavy atom. The third-order valence-electron chi connectivity index (χ3n) is 5.25. The van der Waals surface area contributed by atoms with E-state index in [1.165, 1.54) is 12.1 Å². The fourth-order valence-electron chi connectivity index (χ4n) is 3.38. The SMILES string of the molecule is CC(C)CCN(CC(=O)Nc1ccc(N2CCOCC2)cc1)S(=O)(=O)c1ccc(F)cc1. The standard InChI is InChI=1S/C23H30FN3O4S/c1-18(2)11-12-27(32(29,30)22-9-3-19(24)4-10-22)17-23(28)25-20-5-7-21(8-6-20)26-13-15-31-16-14-26/h3-10,18H,11-17H2,1-2H3,(H,25,28). The molecule has 2 aromatic rings. The first-order chi connectivity index (χ1) is 15.3. The van der Waals surface area contributed by atoms with Gasteiger partial charge in [-0.3, -0.25) is 4.79 Å². The van der Waals surface area contributed by atoms with Crippen LogP contribution in [0, 0.1) is 11.7 Å². The molecule has 1 heterocycles. The fraction of sp³-hybridized carbons (Fsp3) is 0.435. The maximum atomic E-state index is 13.2. The number of hydrogen-bond acceptors (Lipinski definition) is 5. The van der Waals surface area contributed by atoms with Crippen LogP contribution in [-0.2, 0) is 19.6 Å². The fourth-order valence-corrected chi connectivity index (χ4v) is 4.79. The number of nitrogens with zero attached hydrogens (tertiary/aromatic N) is 2. The molecule has 2 aromatic carbocycles. The van der Waals surface area contributed by atoms with Crippen LogP contribution in [0.5, 0.6) is 0 Å². The highest BCUT2D eigenvalue weighted by Gasteiger charge is 2.27. The van der Waals surface area contributed by atoms with E-state index in [1.54, 1.807) is 12.1 Å². The molecule has 0 atom stereocenters. The molecule has 0 aromatic heterocycles. The van der Waals surface area contributed by atoms with Gasteiger partial charge in [-0.05, 0) is 60.9 Å². The van der Waals surface area contributed by atoms with Crippen molar-refractivity contribution in [2.75, 3.05) is 49.6 Å². The van der Waals surface area contributed by atoms with Gasteiger partial charge in [0.2, 0.25) is 15.9 Å². The van der Waals surface area contributed by atoms with E-state index in [4.69, 9.17) is 4.74 Å². The number of anilines is 2. The second-order valence-electron chi connectivity index (χ2n) is 8.17. The van der Waals surface area contributed by atoms with Gasteiger partial charge in [0.15, 0.2) is 0 Å². The number of carbonyl (C=O) groups excluding carboxylic acids is 1. The van der Waals surface area contributed by atoms with E-state index in [2.05, 4.69) is 10.2 Å². The highest BCUT2D eigenvalue weighted by atomic mass is 32.2. The van der Waals surface area contributed by atoms with E-state index in [9.17, 15) is 17.6 Å². The summed E-state index contributed by atoms with van der Waals surface area (Å²) in [6.07, 6.45) is 0.599. The lowest BCUT2D eigenvalue weighted by atomic mass is 10.1. The van der Waals surface area contributed by atoms with E-state index in [1.807, 2.05) is 26.0 Å². The molecule has 1 fully saturated rings. The van der Waals surface area contributed by atoms with E-state index in [0.29, 0.717) is 25.3 Å². The summed E-state index contributed by atoms with van der Waals surface area (Å²) in [5.41, 5.74) is 1.64. The highest BCUT2D eigenvalue weighted by molar-refractivity contribution is 7.89. The molecule has 0 spiro atoms. The summed E-state index contributed by atoms with van der Waals surface area (Å²) in [5, 5.41) is 2.77. The van der Waals surface area contributed by atoms with Gasteiger partial charge in [-0.25, -0.2) is 12.8 Å². The predicted molar refractivity (Wildman–Crippen MR) is 123 cm³/mol. The Kier molecular flexibility index (Phi) is 8.22. The molecule has 174 valence electrons. The van der Waals surface area contributed by atoms with Gasteiger partial charge in [-0.2, -0.15) is 4.31 Å². The quantitative estimate of drug-likeness (QED) is 0.617. The van der Waals surface area contributed by atoms with Crippen LogP contribution in [0.4, 0.5) is 15.8 Å². The van der Waals surface area contributed by atoms with Gasteiger partial charge in [0.1, 0.15) is 5.82 Å². The number of nitrogens with one attached hydrogen (secondary N) is 1. The lowest BCUT2D eigenvalue weighted by molar-refractivity contribution is -0.116.